The Morgan fingerprint density at radius 3 is 2.35 bits per heavy atom. The summed E-state index contributed by atoms with van der Waals surface area (Å²) in [6.07, 6.45) is 0.588. The Labute approximate surface area is 131 Å². The van der Waals surface area contributed by atoms with Gasteiger partial charge in [-0.15, -0.1) is 0 Å². The zero-order valence-electron chi connectivity index (χ0n) is 12.1. The van der Waals surface area contributed by atoms with Gasteiger partial charge in [-0.3, -0.25) is 9.59 Å². The second kappa shape index (κ2) is 7.22. The summed E-state index contributed by atoms with van der Waals surface area (Å²) in [6, 6.07) is 9.75. The molecule has 0 radical (unpaired) electrons. The summed E-state index contributed by atoms with van der Waals surface area (Å²) >= 11 is 0. The normalized spacial score (nSPS) is 10.1. The van der Waals surface area contributed by atoms with Gasteiger partial charge >= 0.3 is 5.97 Å². The van der Waals surface area contributed by atoms with Gasteiger partial charge in [0.1, 0.15) is 23.5 Å². The third-order valence-electron chi connectivity index (χ3n) is 3.06. The average molecular weight is 314 g/mol. The van der Waals surface area contributed by atoms with Gasteiger partial charge in [-0.25, -0.2) is 0 Å². The fourth-order valence-electron chi connectivity index (χ4n) is 1.94. The monoisotopic (exact) mass is 314 g/mol. The molecule has 0 amide bonds. The van der Waals surface area contributed by atoms with Crippen molar-refractivity contribution in [2.75, 3.05) is 0 Å². The quantitative estimate of drug-likeness (QED) is 0.367. The van der Waals surface area contributed by atoms with E-state index in [4.69, 9.17) is 4.74 Å². The van der Waals surface area contributed by atoms with Crippen LogP contribution in [0.15, 0.2) is 42.5 Å². The number of aromatic hydroxyl groups is 2. The van der Waals surface area contributed by atoms with Crippen molar-refractivity contribution in [3.8, 4) is 17.2 Å². The van der Waals surface area contributed by atoms with E-state index < -0.39 is 11.8 Å². The van der Waals surface area contributed by atoms with E-state index in [0.717, 1.165) is 6.07 Å². The molecule has 0 saturated heterocycles. The Hall–Kier alpha value is -3.15. The van der Waals surface area contributed by atoms with Crippen LogP contribution in [-0.2, 0) is 9.59 Å². The summed E-state index contributed by atoms with van der Waals surface area (Å²) < 4.78 is 4.94. The number of hydrogen-bond acceptors (Lipinski definition) is 6. The van der Waals surface area contributed by atoms with Crippen LogP contribution in [0.3, 0.4) is 0 Å². The summed E-state index contributed by atoms with van der Waals surface area (Å²) in [5.41, 5.74) is 0.0257. The van der Waals surface area contributed by atoms with Crippen molar-refractivity contribution in [1.82, 2.24) is 0 Å². The highest BCUT2D eigenvalue weighted by Gasteiger charge is 2.17. The number of carbonyl (C=O) groups is 3. The number of benzene rings is 2. The van der Waals surface area contributed by atoms with E-state index in [1.165, 1.54) is 24.3 Å². The van der Waals surface area contributed by atoms with E-state index in [0.29, 0.717) is 6.29 Å². The van der Waals surface area contributed by atoms with Gasteiger partial charge in [-0.2, -0.15) is 0 Å². The molecule has 6 nitrogen and oxygen atoms in total. The topological polar surface area (TPSA) is 101 Å². The molecule has 0 saturated carbocycles. The van der Waals surface area contributed by atoms with Gasteiger partial charge in [0, 0.05) is 12.5 Å². The van der Waals surface area contributed by atoms with Crippen LogP contribution in [0.5, 0.6) is 17.2 Å². The second-order valence-electron chi connectivity index (χ2n) is 4.70. The molecule has 0 heterocycles. The first-order valence-electron chi connectivity index (χ1n) is 6.83. The van der Waals surface area contributed by atoms with Crippen LogP contribution in [0.1, 0.15) is 28.8 Å². The van der Waals surface area contributed by atoms with Crippen LogP contribution in [0, 0.1) is 0 Å². The molecule has 2 aromatic carbocycles. The molecule has 118 valence electrons. The minimum atomic E-state index is -0.615. The number of esters is 1. The predicted molar refractivity (Wildman–Crippen MR) is 80.6 cm³/mol. The molecule has 2 rings (SSSR count). The Morgan fingerprint density at radius 1 is 1.00 bits per heavy atom. The van der Waals surface area contributed by atoms with Crippen molar-refractivity contribution in [3.05, 3.63) is 53.6 Å². The summed E-state index contributed by atoms with van der Waals surface area (Å²) in [5, 5.41) is 19.6. The molecule has 0 aromatic heterocycles. The van der Waals surface area contributed by atoms with Crippen molar-refractivity contribution in [2.45, 2.75) is 12.8 Å². The largest absolute Gasteiger partial charge is 0.507 e. The van der Waals surface area contributed by atoms with E-state index in [1.807, 2.05) is 0 Å². The lowest BCUT2D eigenvalue weighted by molar-refractivity contribution is -0.135. The SMILES string of the molecule is O=CCCC(=O)Oc1ccc(C(=O)c2ccccc2O)c(O)c1. The predicted octanol–water partition coefficient (Wildman–Crippen LogP) is 2.21. The highest BCUT2D eigenvalue weighted by Crippen LogP contribution is 2.28. The first-order chi connectivity index (χ1) is 11.0. The van der Waals surface area contributed by atoms with E-state index in [1.54, 1.807) is 12.1 Å². The van der Waals surface area contributed by atoms with Crippen LogP contribution < -0.4 is 4.74 Å². The smallest absolute Gasteiger partial charge is 0.311 e. The number of ketones is 1. The van der Waals surface area contributed by atoms with Gasteiger partial charge in [0.2, 0.25) is 0 Å². The van der Waals surface area contributed by atoms with Crippen LogP contribution in [0.2, 0.25) is 0 Å². The molecule has 0 aliphatic rings. The van der Waals surface area contributed by atoms with Crippen LogP contribution >= 0.6 is 0 Å². The highest BCUT2D eigenvalue weighted by molar-refractivity contribution is 6.12. The third-order valence-corrected chi connectivity index (χ3v) is 3.06. The van der Waals surface area contributed by atoms with Gasteiger partial charge in [0.15, 0.2) is 5.78 Å². The number of hydrogen-bond donors (Lipinski definition) is 2. The molecule has 23 heavy (non-hydrogen) atoms. The van der Waals surface area contributed by atoms with Crippen molar-refractivity contribution in [3.63, 3.8) is 0 Å². The second-order valence-corrected chi connectivity index (χ2v) is 4.70. The first kappa shape index (κ1) is 16.2. The third kappa shape index (κ3) is 3.94. The molecule has 2 N–H and O–H groups in total. The fourth-order valence-corrected chi connectivity index (χ4v) is 1.94. The fraction of sp³-hybridized carbons (Fsp3) is 0.118. The first-order valence-corrected chi connectivity index (χ1v) is 6.83. The van der Waals surface area contributed by atoms with Gasteiger partial charge < -0.3 is 19.7 Å². The molecule has 0 bridgehead atoms. The lowest BCUT2D eigenvalue weighted by atomic mass is 10.0. The van der Waals surface area contributed by atoms with E-state index in [-0.39, 0.29) is 41.2 Å². The van der Waals surface area contributed by atoms with E-state index in [9.17, 15) is 24.6 Å². The lowest BCUT2D eigenvalue weighted by Gasteiger charge is -2.08. The molecule has 2 aromatic rings. The molecule has 0 fully saturated rings. The van der Waals surface area contributed by atoms with Crippen molar-refractivity contribution >= 4 is 18.0 Å². The maximum absolute atomic E-state index is 12.3. The van der Waals surface area contributed by atoms with Crippen molar-refractivity contribution < 1.29 is 29.3 Å². The summed E-state index contributed by atoms with van der Waals surface area (Å²) in [6.45, 7) is 0. The molecule has 0 spiro atoms. The minimum absolute atomic E-state index is 0.0285. The van der Waals surface area contributed by atoms with Gasteiger partial charge in [-0.1, -0.05) is 12.1 Å². The van der Waals surface area contributed by atoms with E-state index in [2.05, 4.69) is 0 Å². The zero-order chi connectivity index (χ0) is 16.8. The van der Waals surface area contributed by atoms with Gasteiger partial charge in [-0.05, 0) is 24.3 Å². The molecule has 6 heteroatoms. The van der Waals surface area contributed by atoms with Gasteiger partial charge in [0.05, 0.1) is 17.5 Å². The zero-order valence-corrected chi connectivity index (χ0v) is 12.1. The molecule has 0 aliphatic heterocycles. The minimum Gasteiger partial charge on any atom is -0.507 e. The molecule has 0 unspecified atom stereocenters. The maximum Gasteiger partial charge on any atom is 0.311 e. The summed E-state index contributed by atoms with van der Waals surface area (Å²) in [7, 11) is 0. The number of phenolic OH excluding ortho intramolecular Hbond substituents is 2. The molecular formula is C17H14O6. The van der Waals surface area contributed by atoms with Gasteiger partial charge in [0.25, 0.3) is 0 Å². The summed E-state index contributed by atoms with van der Waals surface area (Å²) in [5.74, 6) is -1.68. The molecular weight excluding hydrogens is 300 g/mol. The van der Waals surface area contributed by atoms with Crippen molar-refractivity contribution in [2.24, 2.45) is 0 Å². The lowest BCUT2D eigenvalue weighted by Crippen LogP contribution is -2.08. The standard InChI is InChI=1S/C17H14O6/c18-9-3-6-16(21)23-11-7-8-13(15(20)10-11)17(22)12-4-1-2-5-14(12)19/h1-2,4-5,7-10,19-20H,3,6H2. The number of aldehydes is 1. The molecule has 0 atom stereocenters. The number of phenols is 2. The Kier molecular flexibility index (Phi) is 5.09. The van der Waals surface area contributed by atoms with Crippen LogP contribution in [0.25, 0.3) is 0 Å². The van der Waals surface area contributed by atoms with Crippen molar-refractivity contribution in [1.29, 1.82) is 0 Å². The average Bonchev–Trinajstić information content (AvgIpc) is 2.53. The van der Waals surface area contributed by atoms with Crippen LogP contribution in [0.4, 0.5) is 0 Å². The number of para-hydroxylation sites is 1. The highest BCUT2D eigenvalue weighted by atomic mass is 16.5. The Bertz CT molecular complexity index is 750. The Morgan fingerprint density at radius 2 is 1.70 bits per heavy atom. The van der Waals surface area contributed by atoms with Crippen LogP contribution in [-0.4, -0.2) is 28.3 Å². The number of ether oxygens (including phenoxy) is 1. The maximum atomic E-state index is 12.3. The van der Waals surface area contributed by atoms with E-state index >= 15 is 0 Å². The molecule has 0 aliphatic carbocycles. The number of rotatable bonds is 6. The summed E-state index contributed by atoms with van der Waals surface area (Å²) in [4.78, 5) is 33.9. The number of carbonyl (C=O) groups excluding carboxylic acids is 3. The Balaban J connectivity index is 2.19.